The summed E-state index contributed by atoms with van der Waals surface area (Å²) in [6.45, 7) is 4.87. The lowest BCUT2D eigenvalue weighted by atomic mass is 9.87. The summed E-state index contributed by atoms with van der Waals surface area (Å²) in [6.07, 6.45) is -0.345. The van der Waals surface area contributed by atoms with Gasteiger partial charge in [-0.05, 0) is 6.92 Å². The van der Waals surface area contributed by atoms with Gasteiger partial charge in [-0.15, -0.1) is 11.8 Å². The first-order valence-electron chi connectivity index (χ1n) is 10.6. The van der Waals surface area contributed by atoms with Crippen LogP contribution in [0.4, 0.5) is 0 Å². The normalized spacial score (nSPS) is 14.2. The molecule has 12 nitrogen and oxygen atoms in total. The van der Waals surface area contributed by atoms with Crippen LogP contribution >= 0.6 is 11.8 Å². The molecule has 13 heteroatoms. The average molecular weight is 497 g/mol. The van der Waals surface area contributed by atoms with E-state index in [9.17, 15) is 34.2 Å². The molecule has 2 rings (SSSR count). The summed E-state index contributed by atoms with van der Waals surface area (Å²) in [5, 5.41) is 30.2. The third-order valence-electron chi connectivity index (χ3n) is 4.91. The van der Waals surface area contributed by atoms with E-state index in [0.29, 0.717) is 6.54 Å². The van der Waals surface area contributed by atoms with Gasteiger partial charge in [0.05, 0.1) is 11.5 Å². The maximum absolute atomic E-state index is 12.7. The van der Waals surface area contributed by atoms with Gasteiger partial charge in [0.25, 0.3) is 5.91 Å². The molecular formula is C21H28N4O8S. The molecule has 1 atom stereocenters. The minimum absolute atomic E-state index is 0.00656. The minimum atomic E-state index is -1.42. The van der Waals surface area contributed by atoms with E-state index < -0.39 is 34.9 Å². The highest BCUT2D eigenvalue weighted by atomic mass is 32.2. The summed E-state index contributed by atoms with van der Waals surface area (Å²) in [5.41, 5.74) is -1.43. The second-order valence-electron chi connectivity index (χ2n) is 8.09. The van der Waals surface area contributed by atoms with E-state index in [2.05, 4.69) is 21.1 Å². The second-order valence-corrected chi connectivity index (χ2v) is 9.22. The fourth-order valence-electron chi connectivity index (χ4n) is 2.83. The highest BCUT2D eigenvalue weighted by Gasteiger charge is 2.36. The van der Waals surface area contributed by atoms with Gasteiger partial charge in [-0.25, -0.2) is 0 Å². The molecule has 1 heterocycles. The van der Waals surface area contributed by atoms with E-state index in [1.807, 2.05) is 0 Å². The van der Waals surface area contributed by atoms with Crippen LogP contribution in [0.2, 0.25) is 0 Å². The number of hydrogen-bond acceptors (Lipinski definition) is 10. The number of carbonyl (C=O) groups excluding carboxylic acids is 5. The number of fused-ring (bicyclic) bond motifs is 1. The Bertz CT molecular complexity index is 1000. The molecule has 0 fully saturated rings. The lowest BCUT2D eigenvalue weighted by Gasteiger charge is -2.27. The zero-order chi connectivity index (χ0) is 25.5. The topological polar surface area (TPSA) is 188 Å². The maximum atomic E-state index is 12.7. The smallest absolute Gasteiger partial charge is 0.274 e. The van der Waals surface area contributed by atoms with Gasteiger partial charge in [0.2, 0.25) is 29.1 Å². The van der Waals surface area contributed by atoms with Crippen LogP contribution in [0.15, 0.2) is 15.5 Å². The minimum Gasteiger partial charge on any atom is -0.396 e. The molecule has 0 spiro atoms. The quantitative estimate of drug-likeness (QED) is 0.234. The third-order valence-corrected chi connectivity index (χ3v) is 5.93. The number of aliphatic hydroxyl groups is 2. The highest BCUT2D eigenvalue weighted by Crippen LogP contribution is 2.30. The van der Waals surface area contributed by atoms with Gasteiger partial charge in [0, 0.05) is 43.3 Å². The maximum Gasteiger partial charge on any atom is 0.274 e. The van der Waals surface area contributed by atoms with Crippen LogP contribution in [-0.2, 0) is 9.59 Å². The predicted octanol–water partition coefficient (Wildman–Crippen LogP) is -0.578. The van der Waals surface area contributed by atoms with Crippen LogP contribution in [0.25, 0.3) is 0 Å². The molecule has 0 aliphatic heterocycles. The molecule has 0 saturated heterocycles. The van der Waals surface area contributed by atoms with Crippen LogP contribution in [0, 0.1) is 5.41 Å². The van der Waals surface area contributed by atoms with Gasteiger partial charge in [0.15, 0.2) is 5.69 Å². The van der Waals surface area contributed by atoms with Crippen LogP contribution < -0.4 is 16.0 Å². The molecule has 1 aliphatic rings. The van der Waals surface area contributed by atoms with E-state index in [4.69, 9.17) is 4.52 Å². The molecule has 34 heavy (non-hydrogen) atoms. The number of hydrogen-bond donors (Lipinski definition) is 5. The first-order chi connectivity index (χ1) is 16.0. The molecule has 0 bridgehead atoms. The van der Waals surface area contributed by atoms with Gasteiger partial charge in [-0.3, -0.25) is 24.0 Å². The summed E-state index contributed by atoms with van der Waals surface area (Å²) < 4.78 is 4.89. The van der Waals surface area contributed by atoms with Crippen LogP contribution in [0.1, 0.15) is 58.6 Å². The number of aromatic nitrogens is 1. The van der Waals surface area contributed by atoms with E-state index in [0.717, 1.165) is 17.8 Å². The number of allylic oxidation sites excluding steroid dienone is 2. The Morgan fingerprint density at radius 3 is 2.53 bits per heavy atom. The first-order valence-corrected chi connectivity index (χ1v) is 11.6. The van der Waals surface area contributed by atoms with Crippen molar-refractivity contribution in [1.82, 2.24) is 21.1 Å². The Hall–Kier alpha value is -3.03. The lowest BCUT2D eigenvalue weighted by Crippen LogP contribution is -2.46. The number of rotatable bonds is 12. The number of carbonyl (C=O) groups is 5. The molecule has 3 amide bonds. The molecule has 1 aliphatic carbocycles. The number of amides is 3. The van der Waals surface area contributed by atoms with Crippen LogP contribution in [0.5, 0.6) is 0 Å². The molecule has 0 radical (unpaired) electrons. The van der Waals surface area contributed by atoms with E-state index in [-0.39, 0.29) is 59.7 Å². The van der Waals surface area contributed by atoms with Crippen molar-refractivity contribution in [2.24, 2.45) is 5.41 Å². The molecule has 0 aromatic carbocycles. The zero-order valence-electron chi connectivity index (χ0n) is 19.1. The zero-order valence-corrected chi connectivity index (χ0v) is 19.9. The summed E-state index contributed by atoms with van der Waals surface area (Å²) in [6, 6.07) is 0. The van der Waals surface area contributed by atoms with Crippen molar-refractivity contribution in [3.05, 3.63) is 28.0 Å². The summed E-state index contributed by atoms with van der Waals surface area (Å²) in [7, 11) is 0. The van der Waals surface area contributed by atoms with Crippen LogP contribution in [0.3, 0.4) is 0 Å². The van der Waals surface area contributed by atoms with Crippen molar-refractivity contribution in [1.29, 1.82) is 0 Å². The van der Waals surface area contributed by atoms with Gasteiger partial charge in [-0.2, -0.15) is 0 Å². The highest BCUT2D eigenvalue weighted by molar-refractivity contribution is 8.04. The SMILES string of the molecule is CCNC(=O)c1noc2c1C(=O)C(SCCNC(=O)CCNC(=O)[C@H](O)C(C)(C)CO)=CC2=O. The standard InChI is InChI=1S/C21H28N4O8S/c1-4-22-19(31)15-14-16(29)12(9-11(27)17(14)33-25-15)34-8-7-23-13(28)5-6-24-20(32)18(30)21(2,3)10-26/h9,18,26,30H,4-8,10H2,1-3H3,(H,22,31)(H,23,28)(H,24,32)/t18-/m0/s1. The number of Topliss-reactive ketones (excluding diaryl/α,β-unsaturated/α-hetero) is 1. The Morgan fingerprint density at radius 1 is 1.18 bits per heavy atom. The van der Waals surface area contributed by atoms with Gasteiger partial charge < -0.3 is 30.7 Å². The Labute approximate surface area is 199 Å². The van der Waals surface area contributed by atoms with Crippen molar-refractivity contribution in [2.45, 2.75) is 33.3 Å². The van der Waals surface area contributed by atoms with Crippen molar-refractivity contribution >= 4 is 41.0 Å². The molecular weight excluding hydrogens is 468 g/mol. The molecule has 1 aromatic heterocycles. The summed E-state index contributed by atoms with van der Waals surface area (Å²) in [4.78, 5) is 61.0. The number of nitrogens with zero attached hydrogens (tertiary/aromatic N) is 1. The van der Waals surface area contributed by atoms with Crippen molar-refractivity contribution < 1.29 is 38.7 Å². The molecule has 0 saturated carbocycles. The average Bonchev–Trinajstić information content (AvgIpc) is 3.25. The number of aliphatic hydroxyl groups excluding tert-OH is 2. The summed E-state index contributed by atoms with van der Waals surface area (Å²) >= 11 is 1.04. The molecule has 1 aromatic rings. The van der Waals surface area contributed by atoms with Gasteiger partial charge >= 0.3 is 0 Å². The van der Waals surface area contributed by atoms with E-state index >= 15 is 0 Å². The molecule has 0 unspecified atom stereocenters. The predicted molar refractivity (Wildman–Crippen MR) is 121 cm³/mol. The first kappa shape index (κ1) is 27.2. The molecule has 186 valence electrons. The van der Waals surface area contributed by atoms with Gasteiger partial charge in [0.1, 0.15) is 11.7 Å². The number of thioether (sulfide) groups is 1. The Balaban J connectivity index is 1.79. The van der Waals surface area contributed by atoms with Crippen LogP contribution in [-0.4, -0.2) is 82.8 Å². The van der Waals surface area contributed by atoms with Gasteiger partial charge in [-0.1, -0.05) is 19.0 Å². The fraction of sp³-hybridized carbons (Fsp3) is 0.524. The van der Waals surface area contributed by atoms with E-state index in [1.54, 1.807) is 6.92 Å². The monoisotopic (exact) mass is 496 g/mol. The number of ketones is 2. The Kier molecular flexibility index (Phi) is 9.53. The van der Waals surface area contributed by atoms with Crippen molar-refractivity contribution in [2.75, 3.05) is 32.0 Å². The van der Waals surface area contributed by atoms with Crippen molar-refractivity contribution in [3.8, 4) is 0 Å². The van der Waals surface area contributed by atoms with E-state index in [1.165, 1.54) is 13.8 Å². The molecule has 5 N–H and O–H groups in total. The lowest BCUT2D eigenvalue weighted by molar-refractivity contribution is -0.137. The largest absolute Gasteiger partial charge is 0.396 e. The fourth-order valence-corrected chi connectivity index (χ4v) is 3.67. The number of nitrogens with one attached hydrogen (secondary N) is 3. The second kappa shape index (κ2) is 11.9. The Morgan fingerprint density at radius 2 is 1.88 bits per heavy atom. The van der Waals surface area contributed by atoms with Crippen molar-refractivity contribution in [3.63, 3.8) is 0 Å². The summed E-state index contributed by atoms with van der Waals surface area (Å²) in [5.74, 6) is -2.81. The third kappa shape index (κ3) is 6.52.